The van der Waals surface area contributed by atoms with E-state index >= 15 is 0 Å². The largest absolute Gasteiger partial charge is 0.329 e. The zero-order chi connectivity index (χ0) is 13.3. The summed E-state index contributed by atoms with van der Waals surface area (Å²) in [7, 11) is 0. The molecular weight excluding hydrogens is 242 g/mol. The van der Waals surface area contributed by atoms with E-state index in [1.165, 1.54) is 0 Å². The van der Waals surface area contributed by atoms with E-state index in [2.05, 4.69) is 48.3 Å². The molecule has 0 aromatic carbocycles. The summed E-state index contributed by atoms with van der Waals surface area (Å²) in [6.45, 7) is 11.2. The molecule has 1 N–H and O–H groups in total. The molecule has 0 saturated heterocycles. The first kappa shape index (κ1) is 11.9. The van der Waals surface area contributed by atoms with Gasteiger partial charge >= 0.3 is 0 Å². The predicted molar refractivity (Wildman–Crippen MR) is 76.3 cm³/mol. The number of nitrogens with zero attached hydrogens (tertiary/aromatic N) is 2. The zero-order valence-corrected chi connectivity index (χ0v) is 12.4. The first-order chi connectivity index (χ1) is 8.26. The van der Waals surface area contributed by atoms with Crippen molar-refractivity contribution in [3.8, 4) is 0 Å². The topological polar surface area (TPSA) is 33.6 Å². The molecule has 1 saturated carbocycles. The average molecular weight is 261 g/mol. The molecule has 1 aliphatic rings. The van der Waals surface area contributed by atoms with Crippen LogP contribution in [0, 0.1) is 22.5 Å². The van der Waals surface area contributed by atoms with Gasteiger partial charge in [0.2, 0.25) is 0 Å². The number of aromatic nitrogens is 3. The van der Waals surface area contributed by atoms with Crippen molar-refractivity contribution in [1.29, 1.82) is 0 Å². The molecule has 0 amide bonds. The number of H-pyrrole nitrogens is 1. The summed E-state index contributed by atoms with van der Waals surface area (Å²) in [5, 5.41) is 0. The average Bonchev–Trinajstić information content (AvgIpc) is 2.52. The Hall–Kier alpha value is -1.16. The summed E-state index contributed by atoms with van der Waals surface area (Å²) in [6, 6.07) is 2.53. The Balaban J connectivity index is 2.26. The highest BCUT2D eigenvalue weighted by Crippen LogP contribution is 2.71. The van der Waals surface area contributed by atoms with Gasteiger partial charge in [-0.1, -0.05) is 27.7 Å². The van der Waals surface area contributed by atoms with Crippen molar-refractivity contribution >= 4 is 23.4 Å². The molecule has 0 bridgehead atoms. The van der Waals surface area contributed by atoms with Crippen molar-refractivity contribution in [2.45, 2.75) is 40.7 Å². The number of aromatic amines is 1. The normalized spacial score (nSPS) is 21.4. The lowest BCUT2D eigenvalue weighted by Gasteiger charge is -2.05. The summed E-state index contributed by atoms with van der Waals surface area (Å²) in [5.41, 5.74) is 3.69. The fourth-order valence-electron chi connectivity index (χ4n) is 3.16. The molecular formula is C14H19N3S. The number of pyridine rings is 1. The second kappa shape index (κ2) is 3.23. The van der Waals surface area contributed by atoms with Gasteiger partial charge in [-0.25, -0.2) is 4.98 Å². The number of rotatable bonds is 1. The van der Waals surface area contributed by atoms with Gasteiger partial charge in [-0.15, -0.1) is 0 Å². The van der Waals surface area contributed by atoms with E-state index in [4.69, 9.17) is 12.2 Å². The monoisotopic (exact) mass is 261 g/mol. The molecule has 96 valence electrons. The lowest BCUT2D eigenvalue weighted by Crippen LogP contribution is -2.02. The Morgan fingerprint density at radius 3 is 2.44 bits per heavy atom. The van der Waals surface area contributed by atoms with Crippen LogP contribution in [0.2, 0.25) is 0 Å². The summed E-state index contributed by atoms with van der Waals surface area (Å²) in [5.74, 6) is 0. The third-order valence-electron chi connectivity index (χ3n) is 4.89. The van der Waals surface area contributed by atoms with Crippen LogP contribution in [0.3, 0.4) is 0 Å². The SMILES string of the molecule is Cc1cnc2c(c1)[nH]c(=S)n2C1C(C)(C)C1(C)C. The van der Waals surface area contributed by atoms with Gasteiger partial charge in [0.05, 0.1) is 5.52 Å². The van der Waals surface area contributed by atoms with E-state index in [1.807, 2.05) is 13.1 Å². The molecule has 4 heteroatoms. The minimum atomic E-state index is 0.257. The molecule has 2 aromatic rings. The fourth-order valence-corrected chi connectivity index (χ4v) is 3.47. The molecule has 2 heterocycles. The third kappa shape index (κ3) is 1.30. The molecule has 1 aliphatic carbocycles. The quantitative estimate of drug-likeness (QED) is 0.787. The first-order valence-corrected chi connectivity index (χ1v) is 6.74. The number of imidazole rings is 1. The Morgan fingerprint density at radius 1 is 1.28 bits per heavy atom. The molecule has 1 fully saturated rings. The molecule has 3 nitrogen and oxygen atoms in total. The lowest BCUT2D eigenvalue weighted by atomic mass is 10.0. The Morgan fingerprint density at radius 2 is 1.89 bits per heavy atom. The lowest BCUT2D eigenvalue weighted by molar-refractivity contribution is 0.457. The van der Waals surface area contributed by atoms with Gasteiger partial charge in [-0.05, 0) is 41.6 Å². The molecule has 0 aliphatic heterocycles. The predicted octanol–water partition coefficient (Wildman–Crippen LogP) is 4.01. The van der Waals surface area contributed by atoms with Crippen LogP contribution in [-0.2, 0) is 0 Å². The van der Waals surface area contributed by atoms with Gasteiger partial charge in [0.25, 0.3) is 0 Å². The number of nitrogens with one attached hydrogen (secondary N) is 1. The minimum Gasteiger partial charge on any atom is -0.329 e. The summed E-state index contributed by atoms with van der Waals surface area (Å²) < 4.78 is 2.98. The van der Waals surface area contributed by atoms with Crippen LogP contribution < -0.4 is 0 Å². The van der Waals surface area contributed by atoms with Crippen LogP contribution in [0.4, 0.5) is 0 Å². The number of aryl methyl sites for hydroxylation is 1. The molecule has 18 heavy (non-hydrogen) atoms. The van der Waals surface area contributed by atoms with E-state index in [9.17, 15) is 0 Å². The number of hydrogen-bond acceptors (Lipinski definition) is 2. The van der Waals surface area contributed by atoms with Gasteiger partial charge < -0.3 is 4.98 Å². The van der Waals surface area contributed by atoms with E-state index in [0.29, 0.717) is 6.04 Å². The van der Waals surface area contributed by atoms with Crippen LogP contribution >= 0.6 is 12.2 Å². The van der Waals surface area contributed by atoms with Gasteiger partial charge in [0, 0.05) is 12.2 Å². The van der Waals surface area contributed by atoms with Crippen molar-refractivity contribution in [2.24, 2.45) is 10.8 Å². The van der Waals surface area contributed by atoms with E-state index in [0.717, 1.165) is 21.5 Å². The summed E-state index contributed by atoms with van der Waals surface area (Å²) in [6.07, 6.45) is 1.91. The fraction of sp³-hybridized carbons (Fsp3) is 0.571. The molecule has 2 aromatic heterocycles. The molecule has 0 radical (unpaired) electrons. The number of hydrogen-bond donors (Lipinski definition) is 1. The van der Waals surface area contributed by atoms with Crippen LogP contribution in [0.25, 0.3) is 11.2 Å². The van der Waals surface area contributed by atoms with Crippen LogP contribution in [0.5, 0.6) is 0 Å². The van der Waals surface area contributed by atoms with E-state index in [1.54, 1.807) is 0 Å². The van der Waals surface area contributed by atoms with Crippen molar-refractivity contribution in [1.82, 2.24) is 14.5 Å². The van der Waals surface area contributed by atoms with Crippen LogP contribution in [0.1, 0.15) is 39.3 Å². The van der Waals surface area contributed by atoms with Crippen LogP contribution in [-0.4, -0.2) is 14.5 Å². The Bertz CT molecular complexity index is 677. The smallest absolute Gasteiger partial charge is 0.179 e. The highest BCUT2D eigenvalue weighted by molar-refractivity contribution is 7.71. The van der Waals surface area contributed by atoms with Crippen molar-refractivity contribution in [3.63, 3.8) is 0 Å². The van der Waals surface area contributed by atoms with Crippen LogP contribution in [0.15, 0.2) is 12.3 Å². The van der Waals surface area contributed by atoms with E-state index < -0.39 is 0 Å². The maximum Gasteiger partial charge on any atom is 0.179 e. The maximum atomic E-state index is 5.49. The third-order valence-corrected chi connectivity index (χ3v) is 5.19. The zero-order valence-electron chi connectivity index (χ0n) is 11.5. The summed E-state index contributed by atoms with van der Waals surface area (Å²) >= 11 is 5.49. The standard InChI is InChI=1S/C14H19N3S/c1-8-6-9-10(15-7-8)17(12(18)16-9)11-13(2,3)14(11,4)5/h6-7,11H,1-5H3,(H,16,18). The molecule has 3 rings (SSSR count). The van der Waals surface area contributed by atoms with Crippen molar-refractivity contribution in [3.05, 3.63) is 22.6 Å². The van der Waals surface area contributed by atoms with Gasteiger partial charge in [0.15, 0.2) is 10.4 Å². The highest BCUT2D eigenvalue weighted by Gasteiger charge is 2.66. The number of fused-ring (bicyclic) bond motifs is 1. The highest BCUT2D eigenvalue weighted by atomic mass is 32.1. The Kier molecular flexibility index (Phi) is 2.14. The molecule has 0 unspecified atom stereocenters. The molecule has 0 atom stereocenters. The molecule has 0 spiro atoms. The van der Waals surface area contributed by atoms with Gasteiger partial charge in [-0.2, -0.15) is 0 Å². The maximum absolute atomic E-state index is 5.49. The van der Waals surface area contributed by atoms with Gasteiger partial charge in [-0.3, -0.25) is 4.57 Å². The van der Waals surface area contributed by atoms with E-state index in [-0.39, 0.29) is 10.8 Å². The van der Waals surface area contributed by atoms with Crippen molar-refractivity contribution < 1.29 is 0 Å². The Labute approximate surface area is 112 Å². The van der Waals surface area contributed by atoms with Crippen molar-refractivity contribution in [2.75, 3.05) is 0 Å². The second-order valence-corrected chi connectivity index (χ2v) is 6.92. The summed E-state index contributed by atoms with van der Waals surface area (Å²) in [4.78, 5) is 7.84. The van der Waals surface area contributed by atoms with Gasteiger partial charge in [0.1, 0.15) is 0 Å². The second-order valence-electron chi connectivity index (χ2n) is 6.53. The minimum absolute atomic E-state index is 0.257. The first-order valence-electron chi connectivity index (χ1n) is 6.33.